The second kappa shape index (κ2) is 6.79. The summed E-state index contributed by atoms with van der Waals surface area (Å²) in [6, 6.07) is 0. The minimum atomic E-state index is -0.862. The number of rotatable bonds is 11. The van der Waals surface area contributed by atoms with Gasteiger partial charge >= 0.3 is 0 Å². The van der Waals surface area contributed by atoms with Crippen molar-refractivity contribution < 1.29 is 29.2 Å². The SMILES string of the molecule is OCCOCCOCC(O)(CC1CO1)CC1CO1. The molecule has 0 bridgehead atoms. The van der Waals surface area contributed by atoms with Gasteiger partial charge in [-0.25, -0.2) is 0 Å². The molecule has 0 aromatic heterocycles. The highest BCUT2D eigenvalue weighted by Gasteiger charge is 2.41. The maximum atomic E-state index is 10.5. The van der Waals surface area contributed by atoms with Crippen molar-refractivity contribution in [2.75, 3.05) is 46.2 Å². The summed E-state index contributed by atoms with van der Waals surface area (Å²) < 4.78 is 20.8. The molecule has 2 aliphatic heterocycles. The van der Waals surface area contributed by atoms with Gasteiger partial charge in [-0.05, 0) is 0 Å². The first-order valence-electron chi connectivity index (χ1n) is 6.44. The average Bonchev–Trinajstić information content (AvgIpc) is 3.21. The van der Waals surface area contributed by atoms with Gasteiger partial charge in [0.25, 0.3) is 0 Å². The first-order valence-corrected chi connectivity index (χ1v) is 6.44. The predicted octanol–water partition coefficient (Wildman–Crippen LogP) is -0.679. The number of ether oxygens (including phenoxy) is 4. The zero-order chi connectivity index (χ0) is 12.8. The van der Waals surface area contributed by atoms with Gasteiger partial charge in [-0.15, -0.1) is 0 Å². The van der Waals surface area contributed by atoms with E-state index in [1.807, 2.05) is 0 Å². The Morgan fingerprint density at radius 2 is 1.56 bits per heavy atom. The molecule has 2 saturated heterocycles. The summed E-state index contributed by atoms with van der Waals surface area (Å²) in [5, 5.41) is 19.0. The van der Waals surface area contributed by atoms with E-state index in [9.17, 15) is 5.11 Å². The van der Waals surface area contributed by atoms with Crippen LogP contribution in [-0.4, -0.2) is 74.3 Å². The van der Waals surface area contributed by atoms with Crippen molar-refractivity contribution in [3.05, 3.63) is 0 Å². The molecule has 2 fully saturated rings. The van der Waals surface area contributed by atoms with Gasteiger partial charge in [-0.2, -0.15) is 0 Å². The first-order chi connectivity index (χ1) is 8.72. The smallest absolute Gasteiger partial charge is 0.0931 e. The molecule has 6 heteroatoms. The molecule has 6 nitrogen and oxygen atoms in total. The number of epoxide rings is 2. The van der Waals surface area contributed by atoms with Gasteiger partial charge < -0.3 is 29.2 Å². The minimum absolute atomic E-state index is 0.0158. The van der Waals surface area contributed by atoms with Crippen molar-refractivity contribution in [1.82, 2.24) is 0 Å². The van der Waals surface area contributed by atoms with Crippen molar-refractivity contribution in [2.24, 2.45) is 0 Å². The molecule has 0 radical (unpaired) electrons. The van der Waals surface area contributed by atoms with Crippen molar-refractivity contribution in [3.63, 3.8) is 0 Å². The third-order valence-electron chi connectivity index (χ3n) is 3.00. The third kappa shape index (κ3) is 5.60. The van der Waals surface area contributed by atoms with Crippen molar-refractivity contribution in [3.8, 4) is 0 Å². The molecule has 106 valence electrons. The van der Waals surface area contributed by atoms with E-state index in [1.165, 1.54) is 0 Å². The van der Waals surface area contributed by atoms with Gasteiger partial charge in [-0.1, -0.05) is 0 Å². The molecule has 2 N–H and O–H groups in total. The maximum Gasteiger partial charge on any atom is 0.0931 e. The lowest BCUT2D eigenvalue weighted by Gasteiger charge is -2.26. The Labute approximate surface area is 107 Å². The summed E-state index contributed by atoms with van der Waals surface area (Å²) in [7, 11) is 0. The number of hydrogen-bond acceptors (Lipinski definition) is 6. The van der Waals surface area contributed by atoms with Crippen LogP contribution in [0.15, 0.2) is 0 Å². The highest BCUT2D eigenvalue weighted by molar-refractivity contribution is 4.91. The van der Waals surface area contributed by atoms with Crippen LogP contribution >= 0.6 is 0 Å². The summed E-state index contributed by atoms with van der Waals surface area (Å²) in [6.45, 7) is 2.91. The predicted molar refractivity (Wildman–Crippen MR) is 62.4 cm³/mol. The summed E-state index contributed by atoms with van der Waals surface area (Å²) in [4.78, 5) is 0. The second-order valence-corrected chi connectivity index (χ2v) is 4.93. The molecule has 0 saturated carbocycles. The highest BCUT2D eigenvalue weighted by atomic mass is 16.6. The second-order valence-electron chi connectivity index (χ2n) is 4.93. The highest BCUT2D eigenvalue weighted by Crippen LogP contribution is 2.30. The molecule has 2 atom stereocenters. The molecule has 0 aliphatic carbocycles. The van der Waals surface area contributed by atoms with E-state index < -0.39 is 5.60 Å². The fourth-order valence-electron chi connectivity index (χ4n) is 1.97. The topological polar surface area (TPSA) is 84.0 Å². The zero-order valence-corrected chi connectivity index (χ0v) is 10.5. The Balaban J connectivity index is 1.60. The average molecular weight is 262 g/mol. The monoisotopic (exact) mass is 262 g/mol. The van der Waals surface area contributed by atoms with Gasteiger partial charge in [0, 0.05) is 12.8 Å². The van der Waals surface area contributed by atoms with E-state index >= 15 is 0 Å². The molecule has 0 amide bonds. The van der Waals surface area contributed by atoms with Crippen molar-refractivity contribution in [1.29, 1.82) is 0 Å². The fraction of sp³-hybridized carbons (Fsp3) is 1.00. The molecular weight excluding hydrogens is 240 g/mol. The number of aliphatic hydroxyl groups is 2. The number of aliphatic hydroxyl groups excluding tert-OH is 1. The van der Waals surface area contributed by atoms with Crippen LogP contribution in [-0.2, 0) is 18.9 Å². The van der Waals surface area contributed by atoms with Crippen LogP contribution in [0.2, 0.25) is 0 Å². The van der Waals surface area contributed by atoms with Gasteiger partial charge in [-0.3, -0.25) is 0 Å². The molecule has 18 heavy (non-hydrogen) atoms. The van der Waals surface area contributed by atoms with Crippen molar-refractivity contribution in [2.45, 2.75) is 30.7 Å². The van der Waals surface area contributed by atoms with E-state index in [2.05, 4.69) is 0 Å². The Morgan fingerprint density at radius 3 is 2.06 bits per heavy atom. The Kier molecular flexibility index (Phi) is 5.35. The largest absolute Gasteiger partial charge is 0.394 e. The molecule has 2 heterocycles. The minimum Gasteiger partial charge on any atom is -0.394 e. The van der Waals surface area contributed by atoms with Gasteiger partial charge in [0.15, 0.2) is 0 Å². The Bertz CT molecular complexity index is 225. The van der Waals surface area contributed by atoms with Crippen molar-refractivity contribution >= 4 is 0 Å². The summed E-state index contributed by atoms with van der Waals surface area (Å²) in [5.41, 5.74) is -0.862. The molecular formula is C12H22O6. The molecule has 0 spiro atoms. The van der Waals surface area contributed by atoms with Crippen LogP contribution in [0, 0.1) is 0 Å². The lowest BCUT2D eigenvalue weighted by molar-refractivity contribution is -0.0743. The normalized spacial score (nSPS) is 29.0. The van der Waals surface area contributed by atoms with E-state index in [0.29, 0.717) is 32.7 Å². The Hall–Kier alpha value is -0.240. The summed E-state index contributed by atoms with van der Waals surface area (Å²) >= 11 is 0. The summed E-state index contributed by atoms with van der Waals surface area (Å²) in [6.07, 6.45) is 1.54. The zero-order valence-electron chi connectivity index (χ0n) is 10.5. The van der Waals surface area contributed by atoms with E-state index in [0.717, 1.165) is 13.2 Å². The van der Waals surface area contributed by atoms with Crippen LogP contribution in [0.25, 0.3) is 0 Å². The van der Waals surface area contributed by atoms with Crippen LogP contribution in [0.4, 0.5) is 0 Å². The third-order valence-corrected chi connectivity index (χ3v) is 3.00. The molecule has 0 aromatic rings. The molecule has 2 unspecified atom stereocenters. The van der Waals surface area contributed by atoms with Gasteiger partial charge in [0.05, 0.1) is 64.1 Å². The number of hydrogen-bond donors (Lipinski definition) is 2. The van der Waals surface area contributed by atoms with Gasteiger partial charge in [0.1, 0.15) is 0 Å². The summed E-state index contributed by atoms with van der Waals surface area (Å²) in [5.74, 6) is 0. The molecule has 2 aliphatic rings. The first kappa shape index (κ1) is 14.2. The van der Waals surface area contributed by atoms with Crippen LogP contribution in [0.3, 0.4) is 0 Å². The maximum absolute atomic E-state index is 10.5. The fourth-order valence-corrected chi connectivity index (χ4v) is 1.97. The van der Waals surface area contributed by atoms with E-state index in [1.54, 1.807) is 0 Å². The van der Waals surface area contributed by atoms with Gasteiger partial charge in [0.2, 0.25) is 0 Å². The van der Waals surface area contributed by atoms with Crippen LogP contribution in [0.1, 0.15) is 12.8 Å². The molecule has 0 aromatic carbocycles. The van der Waals surface area contributed by atoms with E-state index in [4.69, 9.17) is 24.1 Å². The van der Waals surface area contributed by atoms with E-state index in [-0.39, 0.29) is 25.4 Å². The lowest BCUT2D eigenvalue weighted by atomic mass is 9.93. The quantitative estimate of drug-likeness (QED) is 0.379. The van der Waals surface area contributed by atoms with Crippen LogP contribution in [0.5, 0.6) is 0 Å². The lowest BCUT2D eigenvalue weighted by Crippen LogP contribution is -2.38. The molecule has 2 rings (SSSR count). The Morgan fingerprint density at radius 1 is 1.00 bits per heavy atom. The van der Waals surface area contributed by atoms with Crippen LogP contribution < -0.4 is 0 Å². The standard InChI is InChI=1S/C12H22O6/c13-1-2-15-3-4-16-9-12(14,5-10-7-17-10)6-11-8-18-11/h10-11,13-14H,1-9H2.